The molecule has 0 aliphatic carbocycles. The van der Waals surface area contributed by atoms with Crippen molar-refractivity contribution in [2.75, 3.05) is 6.26 Å². The normalized spacial score (nSPS) is 11.7. The van der Waals surface area contributed by atoms with Crippen molar-refractivity contribution in [1.29, 1.82) is 0 Å². The van der Waals surface area contributed by atoms with Crippen molar-refractivity contribution in [3.63, 3.8) is 0 Å². The largest absolute Gasteiger partial charge is 0.868 e. The molecule has 0 saturated heterocycles. The Hall–Kier alpha value is -2.43. The van der Waals surface area contributed by atoms with Crippen LogP contribution in [0.5, 0.6) is 0 Å². The Bertz CT molecular complexity index is 888. The van der Waals surface area contributed by atoms with E-state index in [1.807, 2.05) is 79.3 Å². The molecule has 1 heterocycles. The Morgan fingerprint density at radius 1 is 0.840 bits per heavy atom. The molecule has 2 aromatic carbocycles. The lowest BCUT2D eigenvalue weighted by Gasteiger charge is -2.15. The molecule has 3 rings (SSSR count). The van der Waals surface area contributed by atoms with Gasteiger partial charge in [-0.3, -0.25) is 0 Å². The van der Waals surface area contributed by atoms with Crippen LogP contribution in [0.3, 0.4) is 0 Å². The summed E-state index contributed by atoms with van der Waals surface area (Å²) in [5.41, 5.74) is 3.37. The van der Waals surface area contributed by atoms with E-state index >= 15 is 0 Å². The summed E-state index contributed by atoms with van der Waals surface area (Å²) in [6.45, 7) is 0. The highest BCUT2D eigenvalue weighted by Crippen LogP contribution is 2.21. The predicted molar refractivity (Wildman–Crippen MR) is 108 cm³/mol. The van der Waals surface area contributed by atoms with Gasteiger partial charge in [-0.15, -0.1) is 11.8 Å². The van der Waals surface area contributed by atoms with Crippen molar-refractivity contribution < 1.29 is 9.67 Å². The molecule has 0 saturated carbocycles. The van der Waals surface area contributed by atoms with E-state index in [0.717, 1.165) is 11.1 Å². The number of aromatic nitrogens is 1. The first kappa shape index (κ1) is 17.4. The summed E-state index contributed by atoms with van der Waals surface area (Å²) in [6.07, 6.45) is 5.67. The third-order valence-corrected chi connectivity index (χ3v) is 5.08. The molecule has 0 N–H and O–H groups in total. The van der Waals surface area contributed by atoms with Gasteiger partial charge in [0.05, 0.1) is 0 Å². The van der Waals surface area contributed by atoms with E-state index in [1.54, 1.807) is 4.57 Å². The predicted octanol–water partition coefficient (Wildman–Crippen LogP) is 4.02. The van der Waals surface area contributed by atoms with Gasteiger partial charge in [0.1, 0.15) is 4.20 Å². The molecule has 0 spiro atoms. The number of nitrogens with zero attached hydrogens (tertiary/aromatic N) is 1. The molecule has 4 heteroatoms. The van der Waals surface area contributed by atoms with Gasteiger partial charge in [-0.1, -0.05) is 72.9 Å². The zero-order chi connectivity index (χ0) is 17.6. The molecule has 0 bridgehead atoms. The molecule has 0 aliphatic heterocycles. The highest BCUT2D eigenvalue weighted by Gasteiger charge is 2.18. The van der Waals surface area contributed by atoms with Gasteiger partial charge in [0.2, 0.25) is 5.70 Å². The lowest BCUT2D eigenvalue weighted by molar-refractivity contribution is -0.577. The minimum atomic E-state index is -0.0718. The van der Waals surface area contributed by atoms with E-state index in [2.05, 4.69) is 12.1 Å². The summed E-state index contributed by atoms with van der Waals surface area (Å²) in [7, 11) is 0. The molecule has 2 nitrogen and oxygen atoms in total. The number of hydrogen-bond donors (Lipinski definition) is 0. The van der Waals surface area contributed by atoms with Crippen LogP contribution in [0, 0.1) is 0 Å². The standard InChI is InChI=1S/C21H17NOS2/c1-25-21(24)19(20(23)18-10-6-3-7-11-18)22-14-12-17(13-15-22)16-8-4-2-5-9-16/h2-15H,1H3. The quantitative estimate of drug-likeness (QED) is 0.303. The van der Waals surface area contributed by atoms with E-state index in [4.69, 9.17) is 12.2 Å². The molecule has 0 amide bonds. The van der Waals surface area contributed by atoms with E-state index in [-0.39, 0.29) is 5.76 Å². The molecule has 0 aliphatic rings. The second kappa shape index (κ2) is 8.10. The van der Waals surface area contributed by atoms with Gasteiger partial charge in [-0.25, -0.2) is 0 Å². The smallest absolute Gasteiger partial charge is 0.228 e. The Labute approximate surface area is 157 Å². The van der Waals surface area contributed by atoms with Crippen LogP contribution in [-0.4, -0.2) is 10.5 Å². The molecule has 25 heavy (non-hydrogen) atoms. The maximum atomic E-state index is 12.9. The molecule has 0 radical (unpaired) electrons. The minimum absolute atomic E-state index is 0.0718. The van der Waals surface area contributed by atoms with E-state index in [1.165, 1.54) is 11.8 Å². The second-order valence-electron chi connectivity index (χ2n) is 5.40. The van der Waals surface area contributed by atoms with Crippen molar-refractivity contribution in [3.8, 4) is 11.1 Å². The van der Waals surface area contributed by atoms with Gasteiger partial charge in [-0.05, 0) is 28.7 Å². The van der Waals surface area contributed by atoms with Crippen LogP contribution in [0.4, 0.5) is 0 Å². The monoisotopic (exact) mass is 363 g/mol. The van der Waals surface area contributed by atoms with Crippen LogP contribution in [0.2, 0.25) is 0 Å². The molecule has 3 aromatic rings. The Kier molecular flexibility index (Phi) is 5.64. The summed E-state index contributed by atoms with van der Waals surface area (Å²) in [6, 6.07) is 23.4. The maximum Gasteiger partial charge on any atom is 0.228 e. The molecule has 124 valence electrons. The van der Waals surface area contributed by atoms with Crippen LogP contribution in [-0.2, 0) is 0 Å². The summed E-state index contributed by atoms with van der Waals surface area (Å²) >= 11 is 6.85. The van der Waals surface area contributed by atoms with Crippen LogP contribution in [0.1, 0.15) is 5.56 Å². The fourth-order valence-electron chi connectivity index (χ4n) is 2.54. The Morgan fingerprint density at radius 2 is 1.36 bits per heavy atom. The van der Waals surface area contributed by atoms with Gasteiger partial charge in [-0.2, -0.15) is 4.57 Å². The Morgan fingerprint density at radius 3 is 1.92 bits per heavy atom. The van der Waals surface area contributed by atoms with Gasteiger partial charge >= 0.3 is 0 Å². The lowest BCUT2D eigenvalue weighted by atomic mass is 10.1. The van der Waals surface area contributed by atoms with Gasteiger partial charge in [0.25, 0.3) is 0 Å². The van der Waals surface area contributed by atoms with Crippen molar-refractivity contribution in [1.82, 2.24) is 0 Å². The SMILES string of the molecule is CSC(=S)/C(=C(/[O-])c1ccccc1)[n+]1ccc(-c2ccccc2)cc1. The number of pyridine rings is 1. The topological polar surface area (TPSA) is 26.9 Å². The Balaban J connectivity index is 2.05. The van der Waals surface area contributed by atoms with Crippen molar-refractivity contribution in [2.24, 2.45) is 0 Å². The highest BCUT2D eigenvalue weighted by molar-refractivity contribution is 8.23. The van der Waals surface area contributed by atoms with Gasteiger partial charge < -0.3 is 5.11 Å². The van der Waals surface area contributed by atoms with E-state index in [0.29, 0.717) is 15.5 Å². The number of rotatable bonds is 4. The molecular weight excluding hydrogens is 346 g/mol. The summed E-state index contributed by atoms with van der Waals surface area (Å²) < 4.78 is 2.38. The van der Waals surface area contributed by atoms with Gasteiger partial charge in [0.15, 0.2) is 12.4 Å². The third-order valence-electron chi connectivity index (χ3n) is 3.82. The second-order valence-corrected chi connectivity index (χ2v) is 6.88. The van der Waals surface area contributed by atoms with Crippen molar-refractivity contribution >= 4 is 39.6 Å². The zero-order valence-electron chi connectivity index (χ0n) is 13.8. The first-order valence-electron chi connectivity index (χ1n) is 7.83. The summed E-state index contributed by atoms with van der Waals surface area (Å²) in [4.78, 5) is 0. The summed E-state index contributed by atoms with van der Waals surface area (Å²) in [5.74, 6) is -0.0718. The molecular formula is C21H17NOS2. The van der Waals surface area contributed by atoms with Crippen molar-refractivity contribution in [3.05, 3.63) is 90.8 Å². The minimum Gasteiger partial charge on any atom is -0.868 e. The van der Waals surface area contributed by atoms with Crippen molar-refractivity contribution in [2.45, 2.75) is 0 Å². The van der Waals surface area contributed by atoms with E-state index in [9.17, 15) is 5.11 Å². The third kappa shape index (κ3) is 3.98. The summed E-state index contributed by atoms with van der Waals surface area (Å²) in [5, 5.41) is 12.9. The van der Waals surface area contributed by atoms with E-state index < -0.39 is 0 Å². The highest BCUT2D eigenvalue weighted by atomic mass is 32.2. The molecule has 0 fully saturated rings. The lowest BCUT2D eigenvalue weighted by Crippen LogP contribution is -2.37. The van der Waals surface area contributed by atoms with Crippen LogP contribution >= 0.6 is 24.0 Å². The van der Waals surface area contributed by atoms with Crippen LogP contribution in [0.15, 0.2) is 85.2 Å². The molecule has 1 aromatic heterocycles. The number of hydrogen-bond acceptors (Lipinski definition) is 3. The fourth-order valence-corrected chi connectivity index (χ4v) is 3.13. The fraction of sp³-hybridized carbons (Fsp3) is 0.0476. The number of thiocarbonyl (C=S) groups is 1. The molecule has 0 atom stereocenters. The maximum absolute atomic E-state index is 12.9. The number of thioether (sulfide) groups is 1. The first-order chi connectivity index (χ1) is 12.2. The average molecular weight is 364 g/mol. The molecule has 0 unspecified atom stereocenters. The van der Waals surface area contributed by atoms with Gasteiger partial charge in [0, 0.05) is 12.1 Å². The van der Waals surface area contributed by atoms with Crippen LogP contribution in [0.25, 0.3) is 22.6 Å². The first-order valence-corrected chi connectivity index (χ1v) is 9.46. The average Bonchev–Trinajstić information content (AvgIpc) is 2.70. The zero-order valence-corrected chi connectivity index (χ0v) is 15.4. The number of benzene rings is 2. The van der Waals surface area contributed by atoms with Crippen LogP contribution < -0.4 is 9.67 Å².